The molecule has 0 saturated carbocycles. The van der Waals surface area contributed by atoms with Crippen LogP contribution in [0, 0.1) is 11.3 Å². The largest absolute Gasteiger partial charge is 0.465 e. The molecule has 1 atom stereocenters. The molecule has 0 bridgehead atoms. The predicted octanol–water partition coefficient (Wildman–Crippen LogP) is 1.71. The molecule has 6 nitrogen and oxygen atoms in total. The number of nitriles is 1. The van der Waals surface area contributed by atoms with Crippen LogP contribution < -0.4 is 4.72 Å². The summed E-state index contributed by atoms with van der Waals surface area (Å²) in [5.41, 5.74) is 0.154. The summed E-state index contributed by atoms with van der Waals surface area (Å²) in [5, 5.41) is 8.43. The van der Waals surface area contributed by atoms with Crippen LogP contribution >= 0.6 is 11.6 Å². The van der Waals surface area contributed by atoms with E-state index in [2.05, 4.69) is 9.46 Å². The molecule has 0 aliphatic rings. The molecule has 0 aromatic heterocycles. The molecule has 1 rings (SSSR count). The lowest BCUT2D eigenvalue weighted by molar-refractivity contribution is 0.0600. The van der Waals surface area contributed by atoms with E-state index in [4.69, 9.17) is 16.9 Å². The minimum Gasteiger partial charge on any atom is -0.465 e. The summed E-state index contributed by atoms with van der Waals surface area (Å²) in [6.45, 7) is 1.57. The summed E-state index contributed by atoms with van der Waals surface area (Å²) in [6.07, 6.45) is 0.0388. The molecule has 0 unspecified atom stereocenters. The van der Waals surface area contributed by atoms with Gasteiger partial charge in [0.15, 0.2) is 0 Å². The number of halogens is 1. The number of esters is 1. The minimum atomic E-state index is -3.85. The SMILES string of the molecule is COC(=O)c1ccc(S(=O)(=O)N[C@H](C)CC#N)c(Cl)c1. The summed E-state index contributed by atoms with van der Waals surface area (Å²) in [6, 6.07) is 5.07. The van der Waals surface area contributed by atoms with Gasteiger partial charge in [0.1, 0.15) is 4.90 Å². The van der Waals surface area contributed by atoms with Crippen molar-refractivity contribution in [3.63, 3.8) is 0 Å². The number of sulfonamides is 1. The van der Waals surface area contributed by atoms with Gasteiger partial charge < -0.3 is 4.74 Å². The maximum absolute atomic E-state index is 12.1. The first-order valence-electron chi connectivity index (χ1n) is 5.59. The second-order valence-electron chi connectivity index (χ2n) is 4.02. The first-order chi connectivity index (χ1) is 9.31. The first-order valence-corrected chi connectivity index (χ1v) is 7.45. The molecule has 108 valence electrons. The number of nitrogens with one attached hydrogen (secondary N) is 1. The fourth-order valence-electron chi connectivity index (χ4n) is 1.47. The number of ether oxygens (including phenoxy) is 1. The third-order valence-corrected chi connectivity index (χ3v) is 4.47. The highest BCUT2D eigenvalue weighted by Gasteiger charge is 2.21. The van der Waals surface area contributed by atoms with Gasteiger partial charge in [-0.3, -0.25) is 0 Å². The van der Waals surface area contributed by atoms with Crippen LogP contribution in [0.3, 0.4) is 0 Å². The zero-order chi connectivity index (χ0) is 15.3. The van der Waals surface area contributed by atoms with E-state index in [1.807, 2.05) is 6.07 Å². The van der Waals surface area contributed by atoms with Gasteiger partial charge in [0.05, 0.1) is 30.2 Å². The Balaban J connectivity index is 3.08. The monoisotopic (exact) mass is 316 g/mol. The number of hydrogen-bond acceptors (Lipinski definition) is 5. The summed E-state index contributed by atoms with van der Waals surface area (Å²) in [5.74, 6) is -0.610. The van der Waals surface area contributed by atoms with Crippen LogP contribution in [0.25, 0.3) is 0 Å². The zero-order valence-corrected chi connectivity index (χ0v) is 12.5. The Bertz CT molecular complexity index is 652. The van der Waals surface area contributed by atoms with Gasteiger partial charge in [-0.25, -0.2) is 17.9 Å². The Kier molecular flexibility index (Phi) is 5.51. The number of hydrogen-bond donors (Lipinski definition) is 1. The van der Waals surface area contributed by atoms with E-state index in [1.54, 1.807) is 6.92 Å². The van der Waals surface area contributed by atoms with Gasteiger partial charge in [-0.2, -0.15) is 5.26 Å². The number of carbonyl (C=O) groups excluding carboxylic acids is 1. The smallest absolute Gasteiger partial charge is 0.337 e. The molecule has 0 aliphatic heterocycles. The molecule has 0 fully saturated rings. The molecule has 0 spiro atoms. The van der Waals surface area contributed by atoms with E-state index < -0.39 is 22.0 Å². The molecule has 1 aromatic carbocycles. The standard InChI is InChI=1S/C12H13ClN2O4S/c1-8(5-6-14)15-20(17,18)11-4-3-9(7-10(11)13)12(16)19-2/h3-4,7-8,15H,5H2,1-2H3/t8-/m1/s1. The van der Waals surface area contributed by atoms with Crippen LogP contribution in [0.5, 0.6) is 0 Å². The summed E-state index contributed by atoms with van der Waals surface area (Å²) in [4.78, 5) is 11.2. The van der Waals surface area contributed by atoms with E-state index in [0.717, 1.165) is 0 Å². The minimum absolute atomic E-state index is 0.0388. The molecule has 0 saturated heterocycles. The fraction of sp³-hybridized carbons (Fsp3) is 0.333. The fourth-order valence-corrected chi connectivity index (χ4v) is 3.26. The molecule has 0 heterocycles. The van der Waals surface area contributed by atoms with Gasteiger partial charge in [0, 0.05) is 6.04 Å². The molecule has 1 aromatic rings. The Morgan fingerprint density at radius 2 is 2.20 bits per heavy atom. The van der Waals surface area contributed by atoms with Gasteiger partial charge >= 0.3 is 5.97 Å². The lowest BCUT2D eigenvalue weighted by Gasteiger charge is -2.12. The van der Waals surface area contributed by atoms with Crippen molar-refractivity contribution in [3.05, 3.63) is 28.8 Å². The van der Waals surface area contributed by atoms with Crippen LogP contribution in [0.15, 0.2) is 23.1 Å². The van der Waals surface area contributed by atoms with E-state index in [9.17, 15) is 13.2 Å². The Labute approximate surface area is 122 Å². The van der Waals surface area contributed by atoms with Crippen molar-refractivity contribution in [2.45, 2.75) is 24.3 Å². The van der Waals surface area contributed by atoms with Crippen molar-refractivity contribution in [2.24, 2.45) is 0 Å². The molecular formula is C12H13ClN2O4S. The van der Waals surface area contributed by atoms with E-state index >= 15 is 0 Å². The Morgan fingerprint density at radius 3 is 2.70 bits per heavy atom. The van der Waals surface area contributed by atoms with Gasteiger partial charge in [-0.05, 0) is 25.1 Å². The topological polar surface area (TPSA) is 96.3 Å². The van der Waals surface area contributed by atoms with Crippen LogP contribution in [0.1, 0.15) is 23.7 Å². The highest BCUT2D eigenvalue weighted by Crippen LogP contribution is 2.23. The quantitative estimate of drug-likeness (QED) is 0.834. The molecule has 0 amide bonds. The highest BCUT2D eigenvalue weighted by molar-refractivity contribution is 7.89. The molecule has 8 heteroatoms. The summed E-state index contributed by atoms with van der Waals surface area (Å²) < 4.78 is 31.0. The lowest BCUT2D eigenvalue weighted by atomic mass is 10.2. The van der Waals surface area contributed by atoms with Crippen molar-refractivity contribution in [1.29, 1.82) is 5.26 Å². The molecule has 20 heavy (non-hydrogen) atoms. The van der Waals surface area contributed by atoms with Gasteiger partial charge in [0.2, 0.25) is 10.0 Å². The number of benzene rings is 1. The summed E-state index contributed by atoms with van der Waals surface area (Å²) >= 11 is 5.88. The van der Waals surface area contributed by atoms with Crippen molar-refractivity contribution in [2.75, 3.05) is 7.11 Å². The maximum atomic E-state index is 12.1. The Hall–Kier alpha value is -1.62. The zero-order valence-electron chi connectivity index (χ0n) is 10.9. The Morgan fingerprint density at radius 1 is 1.55 bits per heavy atom. The molecule has 0 aliphatic carbocycles. The molecule has 1 N–H and O–H groups in total. The first kappa shape index (κ1) is 16.4. The number of methoxy groups -OCH3 is 1. The van der Waals surface area contributed by atoms with E-state index in [0.29, 0.717) is 0 Å². The third-order valence-electron chi connectivity index (χ3n) is 2.40. The van der Waals surface area contributed by atoms with Crippen molar-refractivity contribution in [3.8, 4) is 6.07 Å². The van der Waals surface area contributed by atoms with Crippen molar-refractivity contribution >= 4 is 27.6 Å². The van der Waals surface area contributed by atoms with Crippen LogP contribution in [-0.4, -0.2) is 27.5 Å². The average molecular weight is 317 g/mol. The molecule has 0 radical (unpaired) electrons. The van der Waals surface area contributed by atoms with Crippen LogP contribution in [-0.2, 0) is 14.8 Å². The van der Waals surface area contributed by atoms with Crippen LogP contribution in [0.4, 0.5) is 0 Å². The average Bonchev–Trinajstić information content (AvgIpc) is 2.36. The van der Waals surface area contributed by atoms with Crippen molar-refractivity contribution in [1.82, 2.24) is 4.72 Å². The third kappa shape index (κ3) is 3.93. The van der Waals surface area contributed by atoms with Gasteiger partial charge in [0.25, 0.3) is 0 Å². The van der Waals surface area contributed by atoms with Crippen molar-refractivity contribution < 1.29 is 17.9 Å². The van der Waals surface area contributed by atoms with Gasteiger partial charge in [-0.15, -0.1) is 0 Å². The normalized spacial score (nSPS) is 12.5. The van der Waals surface area contributed by atoms with E-state index in [1.165, 1.54) is 25.3 Å². The number of carbonyl (C=O) groups is 1. The maximum Gasteiger partial charge on any atom is 0.337 e. The van der Waals surface area contributed by atoms with E-state index in [-0.39, 0.29) is 21.9 Å². The lowest BCUT2D eigenvalue weighted by Crippen LogP contribution is -2.32. The highest BCUT2D eigenvalue weighted by atomic mass is 35.5. The second-order valence-corrected chi connectivity index (χ2v) is 6.11. The van der Waals surface area contributed by atoms with Gasteiger partial charge in [-0.1, -0.05) is 11.6 Å². The second kappa shape index (κ2) is 6.70. The summed E-state index contributed by atoms with van der Waals surface area (Å²) in [7, 11) is -2.63. The van der Waals surface area contributed by atoms with Crippen LogP contribution in [0.2, 0.25) is 5.02 Å². The number of nitrogens with zero attached hydrogens (tertiary/aromatic N) is 1. The number of rotatable bonds is 5. The predicted molar refractivity (Wildman–Crippen MR) is 72.8 cm³/mol. The molecular weight excluding hydrogens is 304 g/mol.